The maximum Gasteiger partial charge on any atom is 0.193 e. The number of piperidine rings is 2. The molecular formula is C21H39IN6. The van der Waals surface area contributed by atoms with E-state index in [2.05, 4.69) is 49.7 Å². The number of unbranched alkanes of at least 4 members (excludes halogenated alkanes) is 1. The molecule has 1 N–H and O–H groups in total. The molecule has 0 spiro atoms. The Morgan fingerprint density at radius 2 is 2.04 bits per heavy atom. The van der Waals surface area contributed by atoms with Crippen molar-refractivity contribution in [1.29, 1.82) is 0 Å². The van der Waals surface area contributed by atoms with Crippen LogP contribution in [-0.4, -0.2) is 71.6 Å². The molecule has 0 aliphatic carbocycles. The van der Waals surface area contributed by atoms with Crippen molar-refractivity contribution in [3.05, 3.63) is 18.7 Å². The lowest BCUT2D eigenvalue weighted by atomic mass is 9.93. The highest BCUT2D eigenvalue weighted by Crippen LogP contribution is 2.27. The largest absolute Gasteiger partial charge is 0.356 e. The van der Waals surface area contributed by atoms with Gasteiger partial charge < -0.3 is 19.7 Å². The second-order valence-electron chi connectivity index (χ2n) is 8.52. The van der Waals surface area contributed by atoms with Gasteiger partial charge in [-0.15, -0.1) is 24.0 Å². The molecular weight excluding hydrogens is 463 g/mol. The summed E-state index contributed by atoms with van der Waals surface area (Å²) in [7, 11) is 1.90. The van der Waals surface area contributed by atoms with Gasteiger partial charge in [0.05, 0.1) is 12.4 Å². The number of hydrogen-bond acceptors (Lipinski definition) is 3. The summed E-state index contributed by atoms with van der Waals surface area (Å²) >= 11 is 0. The van der Waals surface area contributed by atoms with Crippen LogP contribution in [-0.2, 0) is 0 Å². The van der Waals surface area contributed by atoms with Gasteiger partial charge in [-0.05, 0) is 57.0 Å². The number of nitrogens with one attached hydrogen (secondary N) is 1. The summed E-state index contributed by atoms with van der Waals surface area (Å²) in [5.74, 6) is 2.60. The van der Waals surface area contributed by atoms with E-state index in [1.54, 1.807) is 0 Å². The zero-order valence-corrected chi connectivity index (χ0v) is 20.2. The van der Waals surface area contributed by atoms with E-state index in [1.807, 2.05) is 19.6 Å². The Kier molecular flexibility index (Phi) is 10.0. The molecule has 3 rings (SSSR count). The van der Waals surface area contributed by atoms with Crippen LogP contribution in [0.25, 0.3) is 0 Å². The van der Waals surface area contributed by atoms with Crippen molar-refractivity contribution >= 4 is 29.9 Å². The molecule has 2 fully saturated rings. The summed E-state index contributed by atoms with van der Waals surface area (Å²) in [4.78, 5) is 13.8. The third-order valence-corrected chi connectivity index (χ3v) is 6.26. The number of imidazole rings is 1. The number of aliphatic imine (C=N–C) groups is 1. The SMILES string of the molecule is CN=C(NCCCCN1CCCC(C)C1)N1CCC(C)C(n2ccnc2)C1.I. The van der Waals surface area contributed by atoms with E-state index >= 15 is 0 Å². The molecule has 1 aromatic heterocycles. The Morgan fingerprint density at radius 3 is 2.75 bits per heavy atom. The average Bonchev–Trinajstić information content (AvgIpc) is 3.20. The normalized spacial score (nSPS) is 26.8. The van der Waals surface area contributed by atoms with E-state index < -0.39 is 0 Å². The summed E-state index contributed by atoms with van der Waals surface area (Å²) < 4.78 is 2.25. The molecule has 7 heteroatoms. The first-order chi connectivity index (χ1) is 13.2. The minimum absolute atomic E-state index is 0. The van der Waals surface area contributed by atoms with E-state index in [-0.39, 0.29) is 24.0 Å². The molecule has 2 aliphatic heterocycles. The zero-order chi connectivity index (χ0) is 19.1. The lowest BCUT2D eigenvalue weighted by Crippen LogP contribution is -2.49. The van der Waals surface area contributed by atoms with Gasteiger partial charge in [0.25, 0.3) is 0 Å². The molecule has 3 atom stereocenters. The molecule has 0 radical (unpaired) electrons. The Morgan fingerprint density at radius 1 is 1.18 bits per heavy atom. The van der Waals surface area contributed by atoms with E-state index in [4.69, 9.17) is 0 Å². The first-order valence-corrected chi connectivity index (χ1v) is 10.8. The van der Waals surface area contributed by atoms with E-state index in [0.29, 0.717) is 12.0 Å². The van der Waals surface area contributed by atoms with Crippen molar-refractivity contribution in [3.63, 3.8) is 0 Å². The van der Waals surface area contributed by atoms with Crippen molar-refractivity contribution in [2.45, 2.75) is 52.0 Å². The fourth-order valence-electron chi connectivity index (χ4n) is 4.58. The molecule has 0 aromatic carbocycles. The minimum Gasteiger partial charge on any atom is -0.356 e. The summed E-state index contributed by atoms with van der Waals surface area (Å²) in [6.45, 7) is 11.7. The first-order valence-electron chi connectivity index (χ1n) is 10.8. The molecule has 6 nitrogen and oxygen atoms in total. The minimum atomic E-state index is 0. The van der Waals surface area contributed by atoms with Crippen LogP contribution < -0.4 is 5.32 Å². The molecule has 0 saturated carbocycles. The monoisotopic (exact) mass is 502 g/mol. The summed E-state index contributed by atoms with van der Waals surface area (Å²) in [6.07, 6.45) is 12.4. The second-order valence-corrected chi connectivity index (χ2v) is 8.52. The van der Waals surface area contributed by atoms with Gasteiger partial charge >= 0.3 is 0 Å². The number of aromatic nitrogens is 2. The number of likely N-dealkylation sites (tertiary alicyclic amines) is 2. The van der Waals surface area contributed by atoms with Gasteiger partial charge in [0.15, 0.2) is 5.96 Å². The number of guanidine groups is 1. The molecule has 28 heavy (non-hydrogen) atoms. The van der Waals surface area contributed by atoms with Crippen LogP contribution >= 0.6 is 24.0 Å². The predicted octanol–water partition coefficient (Wildman–Crippen LogP) is 3.47. The molecule has 2 saturated heterocycles. The van der Waals surface area contributed by atoms with Crippen LogP contribution in [0.15, 0.2) is 23.7 Å². The molecule has 2 aliphatic rings. The third-order valence-electron chi connectivity index (χ3n) is 6.26. The van der Waals surface area contributed by atoms with Gasteiger partial charge in [-0.1, -0.05) is 13.8 Å². The van der Waals surface area contributed by atoms with E-state index in [0.717, 1.165) is 31.5 Å². The summed E-state index contributed by atoms with van der Waals surface area (Å²) in [6, 6.07) is 0.473. The lowest BCUT2D eigenvalue weighted by molar-refractivity contribution is 0.180. The van der Waals surface area contributed by atoms with Crippen LogP contribution in [0.4, 0.5) is 0 Å². The Balaban J connectivity index is 0.00000280. The van der Waals surface area contributed by atoms with Crippen LogP contribution in [0.3, 0.4) is 0 Å². The highest BCUT2D eigenvalue weighted by molar-refractivity contribution is 14.0. The smallest absolute Gasteiger partial charge is 0.193 e. The van der Waals surface area contributed by atoms with Crippen molar-refractivity contribution in [2.24, 2.45) is 16.8 Å². The maximum absolute atomic E-state index is 4.55. The number of hydrogen-bond donors (Lipinski definition) is 1. The number of halogens is 1. The van der Waals surface area contributed by atoms with E-state index in [1.165, 1.54) is 51.7 Å². The molecule has 3 unspecified atom stereocenters. The highest BCUT2D eigenvalue weighted by Gasteiger charge is 2.28. The quantitative estimate of drug-likeness (QED) is 0.280. The van der Waals surface area contributed by atoms with Gasteiger partial charge in [-0.3, -0.25) is 4.99 Å². The maximum atomic E-state index is 4.55. The lowest BCUT2D eigenvalue weighted by Gasteiger charge is -2.39. The van der Waals surface area contributed by atoms with E-state index in [9.17, 15) is 0 Å². The molecule has 3 heterocycles. The van der Waals surface area contributed by atoms with Gasteiger partial charge in [-0.25, -0.2) is 4.98 Å². The van der Waals surface area contributed by atoms with Gasteiger partial charge in [0, 0.05) is 45.6 Å². The Hall–Kier alpha value is -0.830. The summed E-state index contributed by atoms with van der Waals surface area (Å²) in [5, 5.41) is 3.60. The summed E-state index contributed by atoms with van der Waals surface area (Å²) in [5.41, 5.74) is 0. The highest BCUT2D eigenvalue weighted by atomic mass is 127. The van der Waals surface area contributed by atoms with Crippen molar-refractivity contribution < 1.29 is 0 Å². The fraction of sp³-hybridized carbons (Fsp3) is 0.810. The topological polar surface area (TPSA) is 48.7 Å². The van der Waals surface area contributed by atoms with Crippen molar-refractivity contribution in [2.75, 3.05) is 46.3 Å². The van der Waals surface area contributed by atoms with Crippen LogP contribution in [0.5, 0.6) is 0 Å². The second kappa shape index (κ2) is 12.0. The Labute approximate surface area is 188 Å². The molecule has 0 amide bonds. The third kappa shape index (κ3) is 6.61. The zero-order valence-electron chi connectivity index (χ0n) is 17.9. The Bertz CT molecular complexity index is 575. The average molecular weight is 502 g/mol. The van der Waals surface area contributed by atoms with Crippen LogP contribution in [0, 0.1) is 11.8 Å². The molecule has 1 aromatic rings. The standard InChI is InChI=1S/C21H38N6.HI/c1-18-7-6-12-25(15-18)11-5-4-9-24-21(22-3)26-13-8-19(2)20(16-26)27-14-10-23-17-27;/h10,14,17-20H,4-9,11-13,15-16H2,1-3H3,(H,22,24);1H. The van der Waals surface area contributed by atoms with Crippen LogP contribution in [0.2, 0.25) is 0 Å². The van der Waals surface area contributed by atoms with Gasteiger partial charge in [0.1, 0.15) is 0 Å². The van der Waals surface area contributed by atoms with Gasteiger partial charge in [-0.2, -0.15) is 0 Å². The van der Waals surface area contributed by atoms with Crippen LogP contribution in [0.1, 0.15) is 52.0 Å². The predicted molar refractivity (Wildman–Crippen MR) is 127 cm³/mol. The number of nitrogens with zero attached hydrogens (tertiary/aromatic N) is 5. The fourth-order valence-corrected chi connectivity index (χ4v) is 4.58. The van der Waals surface area contributed by atoms with Crippen molar-refractivity contribution in [3.8, 4) is 0 Å². The molecule has 160 valence electrons. The number of rotatable bonds is 6. The first kappa shape index (κ1) is 23.4. The van der Waals surface area contributed by atoms with Gasteiger partial charge in [0.2, 0.25) is 0 Å². The molecule has 0 bridgehead atoms. The van der Waals surface area contributed by atoms with Crippen molar-refractivity contribution in [1.82, 2.24) is 24.7 Å².